The Bertz CT molecular complexity index is 543. The smallest absolute Gasteiger partial charge is 0.269 e. The average molecular weight is 260 g/mol. The summed E-state index contributed by atoms with van der Waals surface area (Å²) in [6.07, 6.45) is 1.32. The van der Waals surface area contributed by atoms with E-state index in [1.54, 1.807) is 6.07 Å². The highest BCUT2D eigenvalue weighted by Gasteiger charge is 2.10. The predicted molar refractivity (Wildman–Crippen MR) is 69.1 cm³/mol. The van der Waals surface area contributed by atoms with Gasteiger partial charge in [0.25, 0.3) is 11.6 Å². The minimum Gasteiger partial charge on any atom is -0.390 e. The summed E-state index contributed by atoms with van der Waals surface area (Å²) in [6, 6.07) is 7.11. The van der Waals surface area contributed by atoms with Gasteiger partial charge in [0.1, 0.15) is 11.6 Å². The molecule has 0 aliphatic carbocycles. The number of nitrogens with zero attached hydrogens (tertiary/aromatic N) is 2. The molecule has 1 amide bonds. The quantitative estimate of drug-likeness (QED) is 0.361. The van der Waals surface area contributed by atoms with Crippen LogP contribution in [0.25, 0.3) is 0 Å². The molecule has 0 aliphatic heterocycles. The molecule has 98 valence electrons. The van der Waals surface area contributed by atoms with Crippen LogP contribution in [0.4, 0.5) is 11.4 Å². The third-order valence-electron chi connectivity index (χ3n) is 2.15. The van der Waals surface area contributed by atoms with Crippen LogP contribution in [0.2, 0.25) is 0 Å². The Labute approximate surface area is 109 Å². The van der Waals surface area contributed by atoms with Gasteiger partial charge in [0.2, 0.25) is 0 Å². The van der Waals surface area contributed by atoms with Crippen molar-refractivity contribution in [2.75, 3.05) is 11.9 Å². The molecular formula is C12H12N4O3. The fourth-order valence-electron chi connectivity index (χ4n) is 1.22. The zero-order chi connectivity index (χ0) is 14.3. The van der Waals surface area contributed by atoms with Crippen molar-refractivity contribution >= 4 is 17.3 Å². The van der Waals surface area contributed by atoms with E-state index in [0.29, 0.717) is 12.2 Å². The molecule has 0 atom stereocenters. The first-order valence-corrected chi connectivity index (χ1v) is 5.48. The van der Waals surface area contributed by atoms with Crippen LogP contribution in [0.1, 0.15) is 6.92 Å². The molecule has 19 heavy (non-hydrogen) atoms. The highest BCUT2D eigenvalue weighted by atomic mass is 16.6. The van der Waals surface area contributed by atoms with Crippen molar-refractivity contribution in [3.63, 3.8) is 0 Å². The third kappa shape index (κ3) is 4.12. The minimum absolute atomic E-state index is 0.0679. The number of nitriles is 1. The molecule has 0 radical (unpaired) electrons. The largest absolute Gasteiger partial charge is 0.390 e. The zero-order valence-electron chi connectivity index (χ0n) is 10.2. The molecule has 0 saturated carbocycles. The van der Waals surface area contributed by atoms with Crippen LogP contribution >= 0.6 is 0 Å². The normalized spacial score (nSPS) is 10.4. The van der Waals surface area contributed by atoms with Gasteiger partial charge >= 0.3 is 0 Å². The highest BCUT2D eigenvalue weighted by molar-refractivity contribution is 6.06. The van der Waals surface area contributed by atoms with E-state index in [1.807, 2.05) is 6.92 Å². The van der Waals surface area contributed by atoms with E-state index in [4.69, 9.17) is 5.26 Å². The molecule has 0 aliphatic rings. The summed E-state index contributed by atoms with van der Waals surface area (Å²) < 4.78 is 0. The van der Waals surface area contributed by atoms with Crippen LogP contribution in [0.5, 0.6) is 0 Å². The van der Waals surface area contributed by atoms with Crippen molar-refractivity contribution in [2.45, 2.75) is 6.92 Å². The van der Waals surface area contributed by atoms with Gasteiger partial charge in [-0.15, -0.1) is 0 Å². The molecule has 7 heteroatoms. The minimum atomic E-state index is -0.572. The number of carbonyl (C=O) groups is 1. The van der Waals surface area contributed by atoms with Crippen LogP contribution in [0.15, 0.2) is 36.0 Å². The number of rotatable bonds is 5. The maximum atomic E-state index is 11.7. The molecule has 0 fully saturated rings. The lowest BCUT2D eigenvalue weighted by Crippen LogP contribution is -2.16. The van der Waals surface area contributed by atoms with E-state index in [9.17, 15) is 14.9 Å². The number of hydrogen-bond donors (Lipinski definition) is 2. The van der Waals surface area contributed by atoms with Crippen LogP contribution < -0.4 is 10.6 Å². The summed E-state index contributed by atoms with van der Waals surface area (Å²) in [4.78, 5) is 21.6. The number of amides is 1. The van der Waals surface area contributed by atoms with Gasteiger partial charge in [-0.3, -0.25) is 14.9 Å². The molecule has 0 unspecified atom stereocenters. The molecule has 1 rings (SSSR count). The number of anilines is 1. The number of nitro groups is 1. The first-order chi connectivity index (χ1) is 9.08. The topological polar surface area (TPSA) is 108 Å². The zero-order valence-corrected chi connectivity index (χ0v) is 10.2. The van der Waals surface area contributed by atoms with Crippen molar-refractivity contribution in [2.24, 2.45) is 0 Å². The van der Waals surface area contributed by atoms with E-state index in [-0.39, 0.29) is 11.3 Å². The Morgan fingerprint density at radius 2 is 2.11 bits per heavy atom. The molecule has 0 spiro atoms. The Kier molecular flexibility index (Phi) is 5.04. The summed E-state index contributed by atoms with van der Waals surface area (Å²) in [7, 11) is 0. The van der Waals surface area contributed by atoms with Crippen molar-refractivity contribution in [1.82, 2.24) is 5.32 Å². The molecule has 0 heterocycles. The highest BCUT2D eigenvalue weighted by Crippen LogP contribution is 2.15. The maximum absolute atomic E-state index is 11.7. The fourth-order valence-corrected chi connectivity index (χ4v) is 1.22. The summed E-state index contributed by atoms with van der Waals surface area (Å²) in [5.41, 5.74) is 0.246. The van der Waals surface area contributed by atoms with E-state index in [0.717, 1.165) is 0 Å². The molecule has 1 aromatic rings. The lowest BCUT2D eigenvalue weighted by molar-refractivity contribution is -0.384. The Balaban J connectivity index is 2.76. The Morgan fingerprint density at radius 3 is 2.58 bits per heavy atom. The maximum Gasteiger partial charge on any atom is 0.269 e. The third-order valence-corrected chi connectivity index (χ3v) is 2.15. The van der Waals surface area contributed by atoms with Gasteiger partial charge in [-0.2, -0.15) is 5.26 Å². The van der Waals surface area contributed by atoms with Gasteiger partial charge in [0.05, 0.1) is 4.92 Å². The summed E-state index contributed by atoms with van der Waals surface area (Å²) in [5.74, 6) is -0.572. The van der Waals surface area contributed by atoms with Crippen LogP contribution in [0.3, 0.4) is 0 Å². The van der Waals surface area contributed by atoms with E-state index in [2.05, 4.69) is 10.6 Å². The second-order valence-corrected chi connectivity index (χ2v) is 3.49. The monoisotopic (exact) mass is 260 g/mol. The van der Waals surface area contributed by atoms with Crippen molar-refractivity contribution in [3.05, 3.63) is 46.2 Å². The standard InChI is InChI=1S/C12H12N4O3/c1-2-14-8-9(7-13)12(17)15-10-3-5-11(6-4-10)16(18)19/h3-6,8,14H,2H2,1H3,(H,15,17)/b9-8-. The molecule has 2 N–H and O–H groups in total. The van der Waals surface area contributed by atoms with E-state index >= 15 is 0 Å². The Hall–Kier alpha value is -2.88. The second kappa shape index (κ2) is 6.76. The molecule has 0 aromatic heterocycles. The first-order valence-electron chi connectivity index (χ1n) is 5.48. The number of nitrogens with one attached hydrogen (secondary N) is 2. The van der Waals surface area contributed by atoms with Gasteiger partial charge < -0.3 is 10.6 Å². The summed E-state index contributed by atoms with van der Waals surface area (Å²) in [5, 5.41) is 24.5. The summed E-state index contributed by atoms with van der Waals surface area (Å²) >= 11 is 0. The molecule has 0 bridgehead atoms. The number of carbonyl (C=O) groups excluding carboxylic acids is 1. The number of nitro benzene ring substituents is 1. The van der Waals surface area contributed by atoms with Crippen molar-refractivity contribution < 1.29 is 9.72 Å². The first kappa shape index (κ1) is 14.2. The predicted octanol–water partition coefficient (Wildman–Crippen LogP) is 1.55. The molecule has 7 nitrogen and oxygen atoms in total. The number of hydrogen-bond acceptors (Lipinski definition) is 5. The van der Waals surface area contributed by atoms with Gasteiger partial charge in [-0.25, -0.2) is 0 Å². The second-order valence-electron chi connectivity index (χ2n) is 3.49. The lowest BCUT2D eigenvalue weighted by Gasteiger charge is -2.04. The average Bonchev–Trinajstić information content (AvgIpc) is 2.40. The molecular weight excluding hydrogens is 248 g/mol. The van der Waals surface area contributed by atoms with Gasteiger partial charge in [-0.1, -0.05) is 0 Å². The lowest BCUT2D eigenvalue weighted by atomic mass is 10.2. The van der Waals surface area contributed by atoms with Gasteiger partial charge in [-0.05, 0) is 19.1 Å². The fraction of sp³-hybridized carbons (Fsp3) is 0.167. The SMILES string of the molecule is CCN/C=C(/C#N)C(=O)Nc1ccc([N+](=O)[O-])cc1. The molecule has 0 saturated heterocycles. The molecule has 1 aromatic carbocycles. The van der Waals surface area contributed by atoms with Crippen molar-refractivity contribution in [3.8, 4) is 6.07 Å². The van der Waals surface area contributed by atoms with Crippen LogP contribution in [0, 0.1) is 21.4 Å². The van der Waals surface area contributed by atoms with Gasteiger partial charge in [0, 0.05) is 30.6 Å². The Morgan fingerprint density at radius 1 is 1.47 bits per heavy atom. The van der Waals surface area contributed by atoms with Crippen LogP contribution in [-0.2, 0) is 4.79 Å². The van der Waals surface area contributed by atoms with Crippen molar-refractivity contribution in [1.29, 1.82) is 5.26 Å². The number of non-ortho nitro benzene ring substituents is 1. The van der Waals surface area contributed by atoms with E-state index in [1.165, 1.54) is 30.5 Å². The van der Waals surface area contributed by atoms with Crippen LogP contribution in [-0.4, -0.2) is 17.4 Å². The number of benzene rings is 1. The van der Waals surface area contributed by atoms with E-state index < -0.39 is 10.8 Å². The summed E-state index contributed by atoms with van der Waals surface area (Å²) in [6.45, 7) is 2.43. The van der Waals surface area contributed by atoms with Gasteiger partial charge in [0.15, 0.2) is 0 Å².